The molecule has 0 bridgehead atoms. The third kappa shape index (κ3) is 2.14. The molecule has 0 saturated heterocycles. The minimum Gasteiger partial charge on any atom is -0.391 e. The Balaban J connectivity index is 2.83. The van der Waals surface area contributed by atoms with E-state index in [0.717, 1.165) is 4.57 Å². The predicted molar refractivity (Wildman–Crippen MR) is 74.2 cm³/mol. The fraction of sp³-hybridized carbons (Fsp3) is 0.545. The molecule has 2 rings (SSSR count). The van der Waals surface area contributed by atoms with Crippen LogP contribution in [0.2, 0.25) is 0 Å². The van der Waals surface area contributed by atoms with Crippen molar-refractivity contribution in [3.8, 4) is 0 Å². The molecule has 0 aliphatic carbocycles. The summed E-state index contributed by atoms with van der Waals surface area (Å²) in [5, 5.41) is 9.75. The lowest BCUT2D eigenvalue weighted by Crippen LogP contribution is -2.37. The summed E-state index contributed by atoms with van der Waals surface area (Å²) in [5.74, 6) is 0. The van der Waals surface area contributed by atoms with E-state index in [9.17, 15) is 14.7 Å². The highest BCUT2D eigenvalue weighted by atomic mass is 79.9. The first-order valence-electron chi connectivity index (χ1n) is 5.88. The molecular weight excluding hydrogens is 316 g/mol. The monoisotopic (exact) mass is 330 g/mol. The highest BCUT2D eigenvalue weighted by molar-refractivity contribution is 9.10. The number of fused-ring (bicyclic) bond motifs is 1. The van der Waals surface area contributed by atoms with Crippen LogP contribution in [-0.4, -0.2) is 29.9 Å². The van der Waals surface area contributed by atoms with Gasteiger partial charge in [0.2, 0.25) is 0 Å². The van der Waals surface area contributed by atoms with Crippen LogP contribution in [0.4, 0.5) is 0 Å². The Labute approximate surface area is 117 Å². The van der Waals surface area contributed by atoms with Crippen molar-refractivity contribution in [2.24, 2.45) is 14.1 Å². The lowest BCUT2D eigenvalue weighted by Gasteiger charge is -2.11. The fourth-order valence-corrected chi connectivity index (χ4v) is 2.42. The van der Waals surface area contributed by atoms with Gasteiger partial charge in [0, 0.05) is 14.1 Å². The van der Waals surface area contributed by atoms with E-state index in [2.05, 4.69) is 20.9 Å². The third-order valence-electron chi connectivity index (χ3n) is 3.17. The Morgan fingerprint density at radius 3 is 2.53 bits per heavy atom. The van der Waals surface area contributed by atoms with Crippen LogP contribution in [0.5, 0.6) is 0 Å². The van der Waals surface area contributed by atoms with Crippen LogP contribution in [0.25, 0.3) is 11.2 Å². The molecule has 0 spiro atoms. The van der Waals surface area contributed by atoms with Crippen LogP contribution in [0.1, 0.15) is 13.3 Å². The zero-order valence-electron chi connectivity index (χ0n) is 10.9. The summed E-state index contributed by atoms with van der Waals surface area (Å²) >= 11 is 3.26. The molecule has 2 aromatic heterocycles. The van der Waals surface area contributed by atoms with Crippen molar-refractivity contribution < 1.29 is 5.11 Å². The van der Waals surface area contributed by atoms with E-state index >= 15 is 0 Å². The lowest BCUT2D eigenvalue weighted by atomic mass is 10.3. The molecule has 0 radical (unpaired) electrons. The van der Waals surface area contributed by atoms with Crippen molar-refractivity contribution in [1.29, 1.82) is 0 Å². The van der Waals surface area contributed by atoms with Gasteiger partial charge in [0.15, 0.2) is 15.9 Å². The van der Waals surface area contributed by atoms with Gasteiger partial charge in [0.05, 0.1) is 12.6 Å². The first-order chi connectivity index (χ1) is 8.88. The van der Waals surface area contributed by atoms with E-state index in [1.54, 1.807) is 11.6 Å². The van der Waals surface area contributed by atoms with Gasteiger partial charge in [0.25, 0.3) is 5.56 Å². The molecule has 0 amide bonds. The molecule has 0 aromatic carbocycles. The van der Waals surface area contributed by atoms with Gasteiger partial charge >= 0.3 is 5.69 Å². The van der Waals surface area contributed by atoms with Gasteiger partial charge < -0.3 is 9.67 Å². The van der Waals surface area contributed by atoms with Crippen LogP contribution in [0, 0.1) is 0 Å². The van der Waals surface area contributed by atoms with E-state index in [-0.39, 0.29) is 6.54 Å². The number of aromatic nitrogens is 4. The summed E-state index contributed by atoms with van der Waals surface area (Å²) in [4.78, 5) is 28.2. The Hall–Kier alpha value is -1.41. The molecule has 0 fully saturated rings. The zero-order valence-corrected chi connectivity index (χ0v) is 12.5. The minimum absolute atomic E-state index is 0.251. The number of halogens is 1. The van der Waals surface area contributed by atoms with Gasteiger partial charge in [-0.3, -0.25) is 13.9 Å². The van der Waals surface area contributed by atoms with Gasteiger partial charge in [-0.25, -0.2) is 9.78 Å². The Kier molecular flexibility index (Phi) is 3.64. The second kappa shape index (κ2) is 4.93. The normalized spacial score (nSPS) is 13.1. The summed E-state index contributed by atoms with van der Waals surface area (Å²) < 4.78 is 4.36. The summed E-state index contributed by atoms with van der Waals surface area (Å²) in [7, 11) is 2.98. The maximum Gasteiger partial charge on any atom is 0.332 e. The summed E-state index contributed by atoms with van der Waals surface area (Å²) in [6.45, 7) is 2.10. The number of aliphatic hydroxyl groups excluding tert-OH is 1. The molecule has 0 aliphatic heterocycles. The molecule has 7 nitrogen and oxygen atoms in total. The van der Waals surface area contributed by atoms with E-state index in [0.29, 0.717) is 22.3 Å². The fourth-order valence-electron chi connectivity index (χ4n) is 1.93. The molecule has 19 heavy (non-hydrogen) atoms. The second-order valence-electron chi connectivity index (χ2n) is 4.43. The van der Waals surface area contributed by atoms with Crippen molar-refractivity contribution in [2.75, 3.05) is 0 Å². The topological polar surface area (TPSA) is 82.1 Å². The quantitative estimate of drug-likeness (QED) is 0.801. The van der Waals surface area contributed by atoms with Crippen molar-refractivity contribution in [3.63, 3.8) is 0 Å². The van der Waals surface area contributed by atoms with Gasteiger partial charge in [-0.1, -0.05) is 6.92 Å². The summed E-state index contributed by atoms with van der Waals surface area (Å²) in [5.41, 5.74) is -0.224. The number of imidazole rings is 1. The number of hydrogen-bond acceptors (Lipinski definition) is 4. The van der Waals surface area contributed by atoms with Crippen LogP contribution >= 0.6 is 15.9 Å². The van der Waals surface area contributed by atoms with Crippen molar-refractivity contribution in [3.05, 3.63) is 25.6 Å². The first-order valence-corrected chi connectivity index (χ1v) is 6.67. The van der Waals surface area contributed by atoms with Gasteiger partial charge in [-0.15, -0.1) is 0 Å². The second-order valence-corrected chi connectivity index (χ2v) is 5.14. The standard InChI is InChI=1S/C11H15BrN4O3/c1-4-6(17)5-16-7-8(13-10(16)12)14(2)11(19)15(3)9(7)18/h6,17H,4-5H2,1-3H3. The van der Waals surface area contributed by atoms with Crippen molar-refractivity contribution >= 4 is 27.1 Å². The Morgan fingerprint density at radius 2 is 1.95 bits per heavy atom. The number of nitrogens with zero attached hydrogens (tertiary/aromatic N) is 4. The summed E-state index contributed by atoms with van der Waals surface area (Å²) in [6, 6.07) is 0. The molecule has 1 atom stereocenters. The predicted octanol–water partition coefficient (Wildman–Crippen LogP) is -0.0329. The molecule has 1 N–H and O–H groups in total. The SMILES string of the molecule is CCC(O)Cn1c(Br)nc2c1c(=O)n(C)c(=O)n2C. The van der Waals surface area contributed by atoms with Gasteiger partial charge in [-0.2, -0.15) is 0 Å². The van der Waals surface area contributed by atoms with E-state index in [1.807, 2.05) is 6.92 Å². The molecule has 8 heteroatoms. The minimum atomic E-state index is -0.573. The third-order valence-corrected chi connectivity index (χ3v) is 3.77. The van der Waals surface area contributed by atoms with E-state index < -0.39 is 17.4 Å². The highest BCUT2D eigenvalue weighted by Crippen LogP contribution is 2.17. The molecule has 1 unspecified atom stereocenters. The average molecular weight is 331 g/mol. The van der Waals surface area contributed by atoms with Crippen molar-refractivity contribution in [2.45, 2.75) is 26.0 Å². The largest absolute Gasteiger partial charge is 0.391 e. The lowest BCUT2D eigenvalue weighted by molar-refractivity contribution is 0.150. The Bertz CT molecular complexity index is 743. The molecular formula is C11H15BrN4O3. The van der Waals surface area contributed by atoms with Crippen LogP contribution in [-0.2, 0) is 20.6 Å². The highest BCUT2D eigenvalue weighted by Gasteiger charge is 2.19. The zero-order chi connectivity index (χ0) is 14.3. The first kappa shape index (κ1) is 14.0. The van der Waals surface area contributed by atoms with Crippen LogP contribution in [0.15, 0.2) is 14.3 Å². The molecule has 104 valence electrons. The molecule has 2 aromatic rings. The number of aryl methyl sites for hydroxylation is 1. The number of aliphatic hydroxyl groups is 1. The number of rotatable bonds is 3. The molecule has 0 aliphatic rings. The van der Waals surface area contributed by atoms with Gasteiger partial charge in [-0.05, 0) is 22.4 Å². The molecule has 0 saturated carbocycles. The van der Waals surface area contributed by atoms with Gasteiger partial charge in [0.1, 0.15) is 0 Å². The smallest absolute Gasteiger partial charge is 0.332 e. The maximum absolute atomic E-state index is 12.2. The molecule has 2 heterocycles. The maximum atomic E-state index is 12.2. The summed E-state index contributed by atoms with van der Waals surface area (Å²) in [6.07, 6.45) is -0.00583. The average Bonchev–Trinajstić information content (AvgIpc) is 2.71. The van der Waals surface area contributed by atoms with Crippen LogP contribution < -0.4 is 11.2 Å². The van der Waals surface area contributed by atoms with E-state index in [1.165, 1.54) is 11.6 Å². The van der Waals surface area contributed by atoms with E-state index in [4.69, 9.17) is 0 Å². The Morgan fingerprint density at radius 1 is 1.32 bits per heavy atom. The van der Waals surface area contributed by atoms with Crippen molar-refractivity contribution in [1.82, 2.24) is 18.7 Å². The number of hydrogen-bond donors (Lipinski definition) is 1. The van der Waals surface area contributed by atoms with Crippen LogP contribution in [0.3, 0.4) is 0 Å².